The zero-order chi connectivity index (χ0) is 12.3. The molecule has 0 radical (unpaired) electrons. The number of esters is 1. The van der Waals surface area contributed by atoms with Crippen molar-refractivity contribution in [3.8, 4) is 11.5 Å². The molecule has 1 aliphatic rings. The van der Waals surface area contributed by atoms with E-state index >= 15 is 0 Å². The zero-order valence-corrected chi connectivity index (χ0v) is 9.14. The molecule has 0 saturated carbocycles. The maximum absolute atomic E-state index is 11.0. The minimum Gasteiger partial charge on any atom is -0.466 e. The van der Waals surface area contributed by atoms with Crippen LogP contribution in [0.4, 0.5) is 0 Å². The topological polar surface area (TPSA) is 61.8 Å². The Morgan fingerprint density at radius 2 is 1.94 bits per heavy atom. The van der Waals surface area contributed by atoms with Crippen molar-refractivity contribution in [3.05, 3.63) is 29.3 Å². The highest BCUT2D eigenvalue weighted by Gasteiger charge is 2.15. The number of methoxy groups -OCH3 is 1. The van der Waals surface area contributed by atoms with Gasteiger partial charge in [0.25, 0.3) is 0 Å². The highest BCUT2D eigenvalue weighted by atomic mass is 16.7. The van der Waals surface area contributed by atoms with Gasteiger partial charge in [-0.1, -0.05) is 0 Å². The van der Waals surface area contributed by atoms with Crippen molar-refractivity contribution in [2.24, 2.45) is 0 Å². The smallest absolute Gasteiger partial charge is 0.330 e. The van der Waals surface area contributed by atoms with Crippen molar-refractivity contribution in [1.82, 2.24) is 0 Å². The van der Waals surface area contributed by atoms with Crippen LogP contribution in [-0.4, -0.2) is 26.2 Å². The van der Waals surface area contributed by atoms with Crippen LogP contribution in [0.15, 0.2) is 18.2 Å². The lowest BCUT2D eigenvalue weighted by Gasteiger charge is -2.01. The lowest BCUT2D eigenvalue weighted by molar-refractivity contribution is -0.134. The lowest BCUT2D eigenvalue weighted by Crippen LogP contribution is -1.94. The van der Waals surface area contributed by atoms with Crippen LogP contribution in [0.2, 0.25) is 0 Å². The first kappa shape index (κ1) is 11.2. The van der Waals surface area contributed by atoms with Crippen LogP contribution in [0.25, 0.3) is 6.08 Å². The Morgan fingerprint density at radius 1 is 1.29 bits per heavy atom. The van der Waals surface area contributed by atoms with E-state index in [1.54, 1.807) is 12.1 Å². The molecule has 1 aromatic rings. The van der Waals surface area contributed by atoms with Crippen molar-refractivity contribution in [2.75, 3.05) is 13.9 Å². The van der Waals surface area contributed by atoms with Gasteiger partial charge < -0.3 is 14.2 Å². The molecule has 0 N–H and O–H groups in total. The monoisotopic (exact) mass is 234 g/mol. The molecule has 0 bridgehead atoms. The minimum absolute atomic E-state index is 0.137. The number of aldehydes is 1. The fourth-order valence-electron chi connectivity index (χ4n) is 1.45. The fraction of sp³-hybridized carbons (Fsp3) is 0.167. The second-order valence-electron chi connectivity index (χ2n) is 3.31. The van der Waals surface area contributed by atoms with E-state index in [1.807, 2.05) is 0 Å². The van der Waals surface area contributed by atoms with Gasteiger partial charge in [0.05, 0.1) is 7.11 Å². The molecule has 17 heavy (non-hydrogen) atoms. The molecule has 1 aliphatic heterocycles. The minimum atomic E-state index is -0.487. The van der Waals surface area contributed by atoms with Gasteiger partial charge in [0.15, 0.2) is 17.8 Å². The number of rotatable bonds is 3. The summed E-state index contributed by atoms with van der Waals surface area (Å²) in [5, 5.41) is 0. The van der Waals surface area contributed by atoms with Gasteiger partial charge in [-0.25, -0.2) is 4.79 Å². The summed E-state index contributed by atoms with van der Waals surface area (Å²) in [5.41, 5.74) is 1.00. The maximum atomic E-state index is 11.0. The molecule has 0 amide bonds. The normalized spacial score (nSPS) is 12.8. The number of fused-ring (bicyclic) bond motifs is 1. The van der Waals surface area contributed by atoms with Crippen LogP contribution in [0, 0.1) is 0 Å². The van der Waals surface area contributed by atoms with Gasteiger partial charge in [-0.05, 0) is 23.8 Å². The van der Waals surface area contributed by atoms with Crippen molar-refractivity contribution < 1.29 is 23.8 Å². The highest BCUT2D eigenvalue weighted by molar-refractivity contribution is 5.90. The number of carbonyl (C=O) groups excluding carboxylic acids is 2. The van der Waals surface area contributed by atoms with Gasteiger partial charge in [0, 0.05) is 11.6 Å². The third kappa shape index (κ3) is 2.28. The van der Waals surface area contributed by atoms with Crippen molar-refractivity contribution in [1.29, 1.82) is 0 Å². The molecule has 1 aromatic carbocycles. The average Bonchev–Trinajstić information content (AvgIpc) is 2.81. The summed E-state index contributed by atoms with van der Waals surface area (Å²) >= 11 is 0. The summed E-state index contributed by atoms with van der Waals surface area (Å²) in [6, 6.07) is 3.22. The van der Waals surface area contributed by atoms with E-state index in [1.165, 1.54) is 19.3 Å². The van der Waals surface area contributed by atoms with Gasteiger partial charge in [0.2, 0.25) is 6.79 Å². The second-order valence-corrected chi connectivity index (χ2v) is 3.31. The number of carbonyl (C=O) groups is 2. The molecule has 0 spiro atoms. The number of hydrogen-bond acceptors (Lipinski definition) is 5. The highest BCUT2D eigenvalue weighted by Crippen LogP contribution is 2.34. The first-order valence-corrected chi connectivity index (χ1v) is 4.89. The largest absolute Gasteiger partial charge is 0.466 e. The first-order chi connectivity index (χ1) is 8.24. The van der Waals surface area contributed by atoms with Crippen LogP contribution < -0.4 is 9.47 Å². The Labute approximate surface area is 97.6 Å². The summed E-state index contributed by atoms with van der Waals surface area (Å²) in [6.07, 6.45) is 3.43. The number of hydrogen-bond donors (Lipinski definition) is 0. The molecule has 0 aromatic heterocycles. The number of ether oxygens (including phenoxy) is 3. The molecule has 2 rings (SSSR count). The Morgan fingerprint density at radius 3 is 2.53 bits per heavy atom. The zero-order valence-electron chi connectivity index (χ0n) is 9.14. The van der Waals surface area contributed by atoms with Crippen LogP contribution in [0.5, 0.6) is 11.5 Å². The third-order valence-electron chi connectivity index (χ3n) is 2.31. The lowest BCUT2D eigenvalue weighted by atomic mass is 10.1. The van der Waals surface area contributed by atoms with E-state index in [-0.39, 0.29) is 6.79 Å². The fourth-order valence-corrected chi connectivity index (χ4v) is 1.45. The molecule has 0 atom stereocenters. The summed E-state index contributed by atoms with van der Waals surface area (Å²) in [7, 11) is 1.28. The molecular weight excluding hydrogens is 224 g/mol. The van der Waals surface area contributed by atoms with Crippen LogP contribution in [-0.2, 0) is 9.53 Å². The first-order valence-electron chi connectivity index (χ1n) is 4.89. The summed E-state index contributed by atoms with van der Waals surface area (Å²) < 4.78 is 14.8. The van der Waals surface area contributed by atoms with E-state index in [9.17, 15) is 9.59 Å². The van der Waals surface area contributed by atoms with Crippen LogP contribution >= 0.6 is 0 Å². The molecule has 0 saturated heterocycles. The van der Waals surface area contributed by atoms with E-state index in [0.29, 0.717) is 28.9 Å². The molecule has 0 aliphatic carbocycles. The molecule has 1 heterocycles. The van der Waals surface area contributed by atoms with Gasteiger partial charge in [-0.2, -0.15) is 0 Å². The quantitative estimate of drug-likeness (QED) is 0.449. The van der Waals surface area contributed by atoms with Crippen molar-refractivity contribution >= 4 is 18.3 Å². The Hall–Kier alpha value is -2.30. The predicted molar refractivity (Wildman–Crippen MR) is 59.0 cm³/mol. The van der Waals surface area contributed by atoms with Crippen LogP contribution in [0.1, 0.15) is 15.9 Å². The molecule has 0 fully saturated rings. The van der Waals surface area contributed by atoms with Crippen molar-refractivity contribution in [2.45, 2.75) is 0 Å². The van der Waals surface area contributed by atoms with E-state index in [0.717, 1.165) is 0 Å². The Balaban J connectivity index is 2.36. The molecule has 0 unspecified atom stereocenters. The molecule has 5 nitrogen and oxygen atoms in total. The summed E-state index contributed by atoms with van der Waals surface area (Å²) in [6.45, 7) is 0.137. The van der Waals surface area contributed by atoms with Gasteiger partial charge in [-0.3, -0.25) is 4.79 Å². The van der Waals surface area contributed by atoms with E-state index in [2.05, 4.69) is 4.74 Å². The molecule has 5 heteroatoms. The molecular formula is C12H10O5. The summed E-state index contributed by atoms with van der Waals surface area (Å²) in [5.74, 6) is 0.599. The average molecular weight is 234 g/mol. The SMILES string of the molecule is COC(=O)C=Cc1cc2c(cc1C=O)OCO2. The van der Waals surface area contributed by atoms with Crippen molar-refractivity contribution in [3.63, 3.8) is 0 Å². The second kappa shape index (κ2) is 4.69. The summed E-state index contributed by atoms with van der Waals surface area (Å²) in [4.78, 5) is 21.9. The van der Waals surface area contributed by atoms with E-state index in [4.69, 9.17) is 9.47 Å². The maximum Gasteiger partial charge on any atom is 0.330 e. The standard InChI is InChI=1S/C12H10O5/c1-15-12(14)3-2-8-4-10-11(17-7-16-10)5-9(8)6-13/h2-6H,7H2,1H3. The number of benzene rings is 1. The Kier molecular flexibility index (Phi) is 3.09. The van der Waals surface area contributed by atoms with Gasteiger partial charge in [0.1, 0.15) is 0 Å². The van der Waals surface area contributed by atoms with Gasteiger partial charge in [-0.15, -0.1) is 0 Å². The molecule has 88 valence electrons. The van der Waals surface area contributed by atoms with Crippen LogP contribution in [0.3, 0.4) is 0 Å². The van der Waals surface area contributed by atoms with E-state index < -0.39 is 5.97 Å². The van der Waals surface area contributed by atoms with Gasteiger partial charge >= 0.3 is 5.97 Å². The third-order valence-corrected chi connectivity index (χ3v) is 2.31. The Bertz CT molecular complexity index is 490. The predicted octanol–water partition coefficient (Wildman–Crippen LogP) is 1.41.